The molecule has 2 aromatic rings. The van der Waals surface area contributed by atoms with Crippen LogP contribution in [0.3, 0.4) is 0 Å². The van der Waals surface area contributed by atoms with Crippen molar-refractivity contribution in [1.29, 1.82) is 0 Å². The molecule has 1 N–H and O–H groups in total. The smallest absolute Gasteiger partial charge is 0.274 e. The number of benzene rings is 1. The van der Waals surface area contributed by atoms with Crippen LogP contribution in [0.25, 0.3) is 0 Å². The van der Waals surface area contributed by atoms with E-state index in [0.29, 0.717) is 12.2 Å². The van der Waals surface area contributed by atoms with E-state index >= 15 is 0 Å². The van der Waals surface area contributed by atoms with Crippen LogP contribution in [0.4, 0.5) is 20.3 Å². The zero-order chi connectivity index (χ0) is 18.9. The highest BCUT2D eigenvalue weighted by Gasteiger charge is 2.31. The SMILES string of the molecule is CN(c1cc(C(=O)Nc2ccc(F)c(F)c2)ncn1)C1CCS(=O)(=O)C1. The average molecular weight is 382 g/mol. The lowest BCUT2D eigenvalue weighted by Gasteiger charge is -2.24. The maximum absolute atomic E-state index is 13.2. The van der Waals surface area contributed by atoms with Crippen LogP contribution in [0.2, 0.25) is 0 Å². The molecule has 1 atom stereocenters. The van der Waals surface area contributed by atoms with Gasteiger partial charge in [-0.2, -0.15) is 0 Å². The Morgan fingerprint density at radius 1 is 1.23 bits per heavy atom. The number of amides is 1. The van der Waals surface area contributed by atoms with Gasteiger partial charge in [0.05, 0.1) is 11.5 Å². The number of carbonyl (C=O) groups excluding carboxylic acids is 1. The van der Waals surface area contributed by atoms with E-state index in [-0.39, 0.29) is 28.9 Å². The van der Waals surface area contributed by atoms with Crippen LogP contribution in [0.5, 0.6) is 0 Å². The third kappa shape index (κ3) is 3.96. The summed E-state index contributed by atoms with van der Waals surface area (Å²) in [6.45, 7) is 0. The Morgan fingerprint density at radius 3 is 2.65 bits per heavy atom. The number of hydrogen-bond acceptors (Lipinski definition) is 6. The first-order valence-corrected chi connectivity index (χ1v) is 9.59. The number of hydrogen-bond donors (Lipinski definition) is 1. The van der Waals surface area contributed by atoms with Crippen molar-refractivity contribution >= 4 is 27.2 Å². The molecule has 0 saturated carbocycles. The third-order valence-electron chi connectivity index (χ3n) is 4.18. The van der Waals surface area contributed by atoms with E-state index in [9.17, 15) is 22.0 Å². The fraction of sp³-hybridized carbons (Fsp3) is 0.312. The quantitative estimate of drug-likeness (QED) is 0.864. The van der Waals surface area contributed by atoms with Crippen LogP contribution in [-0.4, -0.2) is 48.9 Å². The molecule has 0 aliphatic carbocycles. The zero-order valence-corrected chi connectivity index (χ0v) is 14.6. The molecule has 1 saturated heterocycles. The van der Waals surface area contributed by atoms with Crippen LogP contribution in [0.1, 0.15) is 16.9 Å². The first kappa shape index (κ1) is 18.2. The molecule has 3 rings (SSSR count). The Balaban J connectivity index is 1.76. The molecule has 26 heavy (non-hydrogen) atoms. The summed E-state index contributed by atoms with van der Waals surface area (Å²) in [6, 6.07) is 4.20. The van der Waals surface area contributed by atoms with Gasteiger partial charge in [0.25, 0.3) is 5.91 Å². The lowest BCUT2D eigenvalue weighted by Crippen LogP contribution is -2.33. The number of aromatic nitrogens is 2. The molecule has 7 nitrogen and oxygen atoms in total. The molecular weight excluding hydrogens is 366 g/mol. The highest BCUT2D eigenvalue weighted by molar-refractivity contribution is 7.91. The van der Waals surface area contributed by atoms with Gasteiger partial charge in [0, 0.05) is 30.9 Å². The Kier molecular flexibility index (Phi) is 4.86. The minimum Gasteiger partial charge on any atom is -0.356 e. The fourth-order valence-electron chi connectivity index (χ4n) is 2.70. The summed E-state index contributed by atoms with van der Waals surface area (Å²) in [7, 11) is -1.35. The van der Waals surface area contributed by atoms with Gasteiger partial charge in [0.1, 0.15) is 17.8 Å². The predicted molar refractivity (Wildman–Crippen MR) is 91.8 cm³/mol. The van der Waals surface area contributed by atoms with E-state index in [1.165, 1.54) is 18.5 Å². The summed E-state index contributed by atoms with van der Waals surface area (Å²) in [5, 5.41) is 2.42. The van der Waals surface area contributed by atoms with Crippen LogP contribution in [-0.2, 0) is 9.84 Å². The fourth-order valence-corrected chi connectivity index (χ4v) is 4.48. The molecule has 0 radical (unpaired) electrons. The van der Waals surface area contributed by atoms with E-state index in [2.05, 4.69) is 15.3 Å². The minimum absolute atomic E-state index is 0.0208. The lowest BCUT2D eigenvalue weighted by molar-refractivity contribution is 0.102. The molecule has 1 aromatic carbocycles. The zero-order valence-electron chi connectivity index (χ0n) is 13.8. The summed E-state index contributed by atoms with van der Waals surface area (Å²) >= 11 is 0. The topological polar surface area (TPSA) is 92.3 Å². The van der Waals surface area contributed by atoms with Gasteiger partial charge in [-0.15, -0.1) is 0 Å². The van der Waals surface area contributed by atoms with Crippen LogP contribution in [0.15, 0.2) is 30.6 Å². The molecule has 1 unspecified atom stereocenters. The molecule has 1 fully saturated rings. The second-order valence-electron chi connectivity index (χ2n) is 6.01. The number of nitrogens with one attached hydrogen (secondary N) is 1. The van der Waals surface area contributed by atoms with Gasteiger partial charge >= 0.3 is 0 Å². The van der Waals surface area contributed by atoms with Gasteiger partial charge in [0.15, 0.2) is 21.5 Å². The maximum atomic E-state index is 13.2. The predicted octanol–water partition coefficient (Wildman–Crippen LogP) is 1.63. The molecule has 2 heterocycles. The highest BCUT2D eigenvalue weighted by atomic mass is 32.2. The third-order valence-corrected chi connectivity index (χ3v) is 5.93. The molecule has 1 aliphatic heterocycles. The summed E-state index contributed by atoms with van der Waals surface area (Å²) in [5.74, 6) is -2.15. The van der Waals surface area contributed by atoms with Crippen LogP contribution >= 0.6 is 0 Å². The molecule has 1 aliphatic rings. The number of anilines is 2. The largest absolute Gasteiger partial charge is 0.356 e. The first-order chi connectivity index (χ1) is 12.2. The van der Waals surface area contributed by atoms with Crippen molar-refractivity contribution in [3.63, 3.8) is 0 Å². The van der Waals surface area contributed by atoms with Gasteiger partial charge in [0.2, 0.25) is 0 Å². The van der Waals surface area contributed by atoms with Crippen molar-refractivity contribution in [3.05, 3.63) is 47.9 Å². The second-order valence-corrected chi connectivity index (χ2v) is 8.24. The van der Waals surface area contributed by atoms with Crippen molar-refractivity contribution in [3.8, 4) is 0 Å². The molecular formula is C16H16F2N4O3S. The van der Waals surface area contributed by atoms with Crippen molar-refractivity contribution in [2.24, 2.45) is 0 Å². The van der Waals surface area contributed by atoms with Crippen molar-refractivity contribution < 1.29 is 22.0 Å². The van der Waals surface area contributed by atoms with Gasteiger partial charge in [-0.3, -0.25) is 4.79 Å². The minimum atomic E-state index is -3.05. The van der Waals surface area contributed by atoms with Crippen molar-refractivity contribution in [2.45, 2.75) is 12.5 Å². The number of nitrogens with zero attached hydrogens (tertiary/aromatic N) is 3. The van der Waals surface area contributed by atoms with Gasteiger partial charge < -0.3 is 10.2 Å². The van der Waals surface area contributed by atoms with E-state index in [1.807, 2.05) is 0 Å². The summed E-state index contributed by atoms with van der Waals surface area (Å²) in [5.41, 5.74) is 0.108. The standard InChI is InChI=1S/C16H16F2N4O3S/c1-22(11-4-5-26(24,25)8-11)15-7-14(19-9-20-15)16(23)21-10-2-3-12(17)13(18)6-10/h2-3,6-7,9,11H,4-5,8H2,1H3,(H,21,23). The molecule has 0 spiro atoms. The van der Waals surface area contributed by atoms with Gasteiger partial charge in [-0.1, -0.05) is 0 Å². The monoisotopic (exact) mass is 382 g/mol. The first-order valence-electron chi connectivity index (χ1n) is 7.77. The van der Waals surface area contributed by atoms with E-state index in [0.717, 1.165) is 12.1 Å². The van der Waals surface area contributed by atoms with Crippen molar-refractivity contribution in [2.75, 3.05) is 28.8 Å². The summed E-state index contributed by atoms with van der Waals surface area (Å²) in [6.07, 6.45) is 1.68. The molecule has 10 heteroatoms. The Morgan fingerprint density at radius 2 is 2.00 bits per heavy atom. The molecule has 1 aromatic heterocycles. The number of halogens is 2. The Hall–Kier alpha value is -2.62. The van der Waals surface area contributed by atoms with Crippen molar-refractivity contribution in [1.82, 2.24) is 9.97 Å². The number of rotatable bonds is 4. The van der Waals surface area contributed by atoms with E-state index in [1.54, 1.807) is 11.9 Å². The second kappa shape index (κ2) is 6.94. The van der Waals surface area contributed by atoms with E-state index in [4.69, 9.17) is 0 Å². The molecule has 1 amide bonds. The maximum Gasteiger partial charge on any atom is 0.274 e. The lowest BCUT2D eigenvalue weighted by atomic mass is 10.2. The van der Waals surface area contributed by atoms with Gasteiger partial charge in [-0.05, 0) is 18.6 Å². The normalized spacial score (nSPS) is 18.5. The molecule has 0 bridgehead atoms. The van der Waals surface area contributed by atoms with E-state index < -0.39 is 27.4 Å². The summed E-state index contributed by atoms with van der Waals surface area (Å²) < 4.78 is 49.4. The van der Waals surface area contributed by atoms with Gasteiger partial charge in [-0.25, -0.2) is 27.2 Å². The Bertz CT molecular complexity index is 952. The summed E-state index contributed by atoms with van der Waals surface area (Å²) in [4.78, 5) is 21.9. The number of sulfone groups is 1. The van der Waals surface area contributed by atoms with Crippen LogP contribution in [0, 0.1) is 11.6 Å². The highest BCUT2D eigenvalue weighted by Crippen LogP contribution is 2.22. The molecule has 138 valence electrons. The average Bonchev–Trinajstić information content (AvgIpc) is 2.97. The van der Waals surface area contributed by atoms with Crippen LogP contribution < -0.4 is 10.2 Å². The number of carbonyl (C=O) groups is 1. The Labute approximate surface area is 149 Å².